The lowest BCUT2D eigenvalue weighted by atomic mass is 10.2. The van der Waals surface area contributed by atoms with Crippen LogP contribution in [-0.2, 0) is 21.4 Å². The summed E-state index contributed by atoms with van der Waals surface area (Å²) in [6.07, 6.45) is 2.36. The van der Waals surface area contributed by atoms with E-state index in [-0.39, 0.29) is 10.8 Å². The minimum Gasteiger partial charge on any atom is -0.343 e. The van der Waals surface area contributed by atoms with Gasteiger partial charge in [-0.2, -0.15) is 0 Å². The molecule has 7 nitrogen and oxygen atoms in total. The van der Waals surface area contributed by atoms with Crippen molar-refractivity contribution in [2.75, 3.05) is 23.9 Å². The van der Waals surface area contributed by atoms with Crippen molar-refractivity contribution in [3.05, 3.63) is 74.7 Å². The number of anilines is 1. The molecule has 0 radical (unpaired) electrons. The van der Waals surface area contributed by atoms with Crippen molar-refractivity contribution < 1.29 is 22.0 Å². The number of amides is 1. The third-order valence-electron chi connectivity index (χ3n) is 6.37. The average molecular weight is 583 g/mol. The summed E-state index contributed by atoms with van der Waals surface area (Å²) in [7, 11) is -4.31. The topological polar surface area (TPSA) is 82.6 Å². The number of carbonyl (C=O) groups is 1. The highest BCUT2D eigenvalue weighted by atomic mass is 35.5. The van der Waals surface area contributed by atoms with Crippen molar-refractivity contribution in [2.45, 2.75) is 50.6 Å². The summed E-state index contributed by atoms with van der Waals surface area (Å²) >= 11 is 7.25. The van der Waals surface area contributed by atoms with Crippen LogP contribution in [0.4, 0.5) is 14.5 Å². The van der Waals surface area contributed by atoms with Crippen LogP contribution in [0.1, 0.15) is 47.8 Å². The highest BCUT2D eigenvalue weighted by molar-refractivity contribution is 7.92. The highest BCUT2D eigenvalue weighted by Gasteiger charge is 2.34. The van der Waals surface area contributed by atoms with E-state index in [0.717, 1.165) is 52.5 Å². The second kappa shape index (κ2) is 12.1. The van der Waals surface area contributed by atoms with Crippen molar-refractivity contribution in [1.29, 1.82) is 0 Å². The van der Waals surface area contributed by atoms with Crippen molar-refractivity contribution in [1.82, 2.24) is 15.2 Å². The van der Waals surface area contributed by atoms with Crippen LogP contribution < -0.4 is 9.62 Å². The molecule has 0 aliphatic carbocycles. The monoisotopic (exact) mass is 582 g/mol. The highest BCUT2D eigenvalue weighted by Crippen LogP contribution is 2.37. The van der Waals surface area contributed by atoms with Crippen LogP contribution in [0.2, 0.25) is 5.02 Å². The number of sulfonamides is 1. The number of rotatable bonds is 11. The summed E-state index contributed by atoms with van der Waals surface area (Å²) < 4.78 is 57.4. The Balaban J connectivity index is 1.55. The van der Waals surface area contributed by atoms with Gasteiger partial charge in [-0.05, 0) is 69.6 Å². The predicted octanol–water partition coefficient (Wildman–Crippen LogP) is 5.44. The van der Waals surface area contributed by atoms with Gasteiger partial charge in [-0.1, -0.05) is 11.6 Å². The Morgan fingerprint density at radius 2 is 1.95 bits per heavy atom. The number of nitrogens with one attached hydrogen (secondary N) is 1. The zero-order valence-corrected chi connectivity index (χ0v) is 23.5. The molecule has 1 aliphatic heterocycles. The Bertz CT molecular complexity index is 1400. The molecular formula is C26H29ClF2N4O3S2. The molecule has 0 bridgehead atoms. The maximum atomic E-state index is 14.9. The van der Waals surface area contributed by atoms with Crippen LogP contribution in [0.5, 0.6) is 0 Å². The van der Waals surface area contributed by atoms with Crippen LogP contribution in [-0.4, -0.2) is 43.8 Å². The molecular weight excluding hydrogens is 554 g/mol. The smallest absolute Gasteiger partial charge is 0.265 e. The lowest BCUT2D eigenvalue weighted by Crippen LogP contribution is -2.34. The first kappa shape index (κ1) is 28.4. The van der Waals surface area contributed by atoms with Crippen LogP contribution >= 0.6 is 22.9 Å². The van der Waals surface area contributed by atoms with E-state index in [9.17, 15) is 22.0 Å². The van der Waals surface area contributed by atoms with Crippen molar-refractivity contribution in [2.24, 2.45) is 0 Å². The van der Waals surface area contributed by atoms with Gasteiger partial charge >= 0.3 is 0 Å². The Morgan fingerprint density at radius 3 is 2.63 bits per heavy atom. The van der Waals surface area contributed by atoms with Crippen molar-refractivity contribution in [3.8, 4) is 0 Å². The number of thiazole rings is 1. The molecule has 1 atom stereocenters. The predicted molar refractivity (Wildman–Crippen MR) is 145 cm³/mol. The van der Waals surface area contributed by atoms with Gasteiger partial charge in [0.15, 0.2) is 0 Å². The minimum absolute atomic E-state index is 0.107. The van der Waals surface area contributed by atoms with Gasteiger partial charge in [0.2, 0.25) is 5.91 Å². The fourth-order valence-corrected chi connectivity index (χ4v) is 7.25. The summed E-state index contributed by atoms with van der Waals surface area (Å²) in [5, 5.41) is 4.15. The molecule has 12 heteroatoms. The Hall–Kier alpha value is -2.60. The zero-order valence-electron chi connectivity index (χ0n) is 21.1. The summed E-state index contributed by atoms with van der Waals surface area (Å²) in [5.41, 5.74) is 0.319. The molecule has 3 aromatic rings. The third kappa shape index (κ3) is 6.33. The van der Waals surface area contributed by atoms with E-state index in [0.29, 0.717) is 36.1 Å². The van der Waals surface area contributed by atoms with E-state index in [4.69, 9.17) is 11.6 Å². The first-order valence-electron chi connectivity index (χ1n) is 12.3. The van der Waals surface area contributed by atoms with Gasteiger partial charge in [-0.3, -0.25) is 9.10 Å². The third-order valence-corrected chi connectivity index (χ3v) is 9.85. The minimum atomic E-state index is -4.31. The maximum absolute atomic E-state index is 14.9. The summed E-state index contributed by atoms with van der Waals surface area (Å²) in [6, 6.07) is 7.29. The number of halogens is 3. The van der Waals surface area contributed by atoms with E-state index in [1.165, 1.54) is 35.6 Å². The number of nitrogens with zero attached hydrogens (tertiary/aromatic N) is 3. The quantitative estimate of drug-likeness (QED) is 0.304. The number of benzene rings is 2. The number of hydrogen-bond donors (Lipinski definition) is 1. The molecule has 2 aromatic carbocycles. The van der Waals surface area contributed by atoms with E-state index >= 15 is 0 Å². The molecule has 1 N–H and O–H groups in total. The molecule has 0 spiro atoms. The van der Waals surface area contributed by atoms with E-state index in [1.54, 1.807) is 6.92 Å². The summed E-state index contributed by atoms with van der Waals surface area (Å²) in [6.45, 7) is 6.18. The van der Waals surface area contributed by atoms with Gasteiger partial charge in [0.05, 0.1) is 22.3 Å². The van der Waals surface area contributed by atoms with E-state index < -0.39 is 33.4 Å². The first-order valence-corrected chi connectivity index (χ1v) is 14.9. The van der Waals surface area contributed by atoms with Crippen molar-refractivity contribution >= 4 is 44.6 Å². The molecule has 1 amide bonds. The van der Waals surface area contributed by atoms with Crippen LogP contribution in [0.15, 0.2) is 47.4 Å². The molecule has 0 saturated carbocycles. The van der Waals surface area contributed by atoms with Gasteiger partial charge in [0.1, 0.15) is 16.6 Å². The Kier molecular flexibility index (Phi) is 9.02. The molecule has 38 heavy (non-hydrogen) atoms. The normalized spacial score (nSPS) is 14.8. The van der Waals surface area contributed by atoms with E-state index in [1.807, 2.05) is 11.8 Å². The number of hydrogen-bond acceptors (Lipinski definition) is 6. The van der Waals surface area contributed by atoms with Gasteiger partial charge < -0.3 is 10.2 Å². The average Bonchev–Trinajstić information content (AvgIpc) is 3.46. The molecule has 204 valence electrons. The number of likely N-dealkylation sites (tertiary alicyclic amines) is 1. The Labute approximate surface area is 230 Å². The first-order chi connectivity index (χ1) is 18.1. The second-order valence-electron chi connectivity index (χ2n) is 9.10. The lowest BCUT2D eigenvalue weighted by Gasteiger charge is -2.29. The summed E-state index contributed by atoms with van der Waals surface area (Å²) in [5.74, 6) is -1.43. The largest absolute Gasteiger partial charge is 0.343 e. The Morgan fingerprint density at radius 1 is 1.21 bits per heavy atom. The molecule has 1 aromatic heterocycles. The molecule has 1 fully saturated rings. The van der Waals surface area contributed by atoms with E-state index in [2.05, 4.69) is 10.3 Å². The maximum Gasteiger partial charge on any atom is 0.265 e. The second-order valence-corrected chi connectivity index (χ2v) is 12.5. The standard InChI is InChI=1S/C26H29ClF2N4O3S2/c1-17-24(16-30-12-4-14-32-13-3-5-25(32)34)37-26(31-17)18(2)33(23-15-20(28)8-11-22(23)29)38(35,36)21-9-6-19(27)7-10-21/h6-11,15,18,30H,3-5,12-14,16H2,1-2H3. The molecule has 4 rings (SSSR count). The van der Waals surface area contributed by atoms with Crippen LogP contribution in [0.25, 0.3) is 0 Å². The zero-order chi connectivity index (χ0) is 27.4. The SMILES string of the molecule is Cc1nc(C(C)N(c2cc(F)ccc2F)S(=O)(=O)c2ccc(Cl)cc2)sc1CNCCCN1CCCC1=O. The lowest BCUT2D eigenvalue weighted by molar-refractivity contribution is -0.127. The fourth-order valence-electron chi connectivity index (χ4n) is 4.35. The van der Waals surface area contributed by atoms with Crippen LogP contribution in [0.3, 0.4) is 0 Å². The number of carbonyl (C=O) groups excluding carboxylic acids is 1. The fraction of sp³-hybridized carbons (Fsp3) is 0.385. The molecule has 1 unspecified atom stereocenters. The number of aromatic nitrogens is 1. The molecule has 2 heterocycles. The van der Waals surface area contributed by atoms with Crippen LogP contribution in [0, 0.1) is 18.6 Å². The van der Waals surface area contributed by atoms with Crippen molar-refractivity contribution in [3.63, 3.8) is 0 Å². The summed E-state index contributed by atoms with van der Waals surface area (Å²) in [4.78, 5) is 19.0. The number of aryl methyl sites for hydroxylation is 1. The van der Waals surface area contributed by atoms with Gasteiger partial charge in [-0.25, -0.2) is 22.2 Å². The van der Waals surface area contributed by atoms with Gasteiger partial charge in [-0.15, -0.1) is 11.3 Å². The molecule has 1 aliphatic rings. The van der Waals surface area contributed by atoms with Gasteiger partial charge in [0, 0.05) is 42.0 Å². The molecule has 1 saturated heterocycles. The van der Waals surface area contributed by atoms with Gasteiger partial charge in [0.25, 0.3) is 10.0 Å².